The van der Waals surface area contributed by atoms with Gasteiger partial charge in [0.15, 0.2) is 0 Å². The predicted octanol–water partition coefficient (Wildman–Crippen LogP) is 0.0992. The molecule has 0 saturated carbocycles. The topological polar surface area (TPSA) is 114 Å². The first-order valence-electron chi connectivity index (χ1n) is 9.19. The van der Waals surface area contributed by atoms with Crippen LogP contribution < -0.4 is 4.46 Å². The number of carbonyl (C=O) groups excluding carboxylic acids is 4. The Kier molecular flexibility index (Phi) is 8.83. The summed E-state index contributed by atoms with van der Waals surface area (Å²) in [4.78, 5) is 46.6. The van der Waals surface area contributed by atoms with Crippen LogP contribution in [-0.2, 0) is 42.9 Å². The molecule has 164 valence electrons. The molecule has 0 bridgehead atoms. The Morgan fingerprint density at radius 3 is 1.87 bits per heavy atom. The average Bonchev–Trinajstić information content (AvgIpc) is 2.64. The second kappa shape index (κ2) is 11.1. The van der Waals surface area contributed by atoms with Crippen molar-refractivity contribution in [3.05, 3.63) is 30.3 Å². The van der Waals surface area contributed by atoms with E-state index in [0.29, 0.717) is 0 Å². The molecule has 0 aliphatic carbocycles. The molecule has 30 heavy (non-hydrogen) atoms. The molecule has 10 heteroatoms. The van der Waals surface area contributed by atoms with E-state index in [1.54, 1.807) is 0 Å². The van der Waals surface area contributed by atoms with Crippen molar-refractivity contribution >= 4 is 43.3 Å². The van der Waals surface area contributed by atoms with Gasteiger partial charge in [-0.15, -0.1) is 0 Å². The monoisotopic (exact) mass is 488 g/mol. The molecule has 1 heterocycles. The van der Waals surface area contributed by atoms with Gasteiger partial charge in [0.25, 0.3) is 0 Å². The molecule has 1 aliphatic heterocycles. The molecule has 0 radical (unpaired) electrons. The first-order valence-corrected chi connectivity index (χ1v) is 11.0. The van der Waals surface area contributed by atoms with Crippen LogP contribution >= 0.6 is 0 Å². The molecule has 1 aromatic rings. The van der Waals surface area contributed by atoms with Crippen LogP contribution in [0.5, 0.6) is 0 Å². The van der Waals surface area contributed by atoms with Crippen LogP contribution in [0.15, 0.2) is 30.3 Å². The Hall–Kier alpha value is -2.42. The SMILES string of the molecule is CC(=O)OC[C@H]1O[C@H]([Se]c2ccccc2)[C@@H](OC(C)=O)[C@@H](OC(C)=O)[C@@H]1OC(C)=O. The molecule has 1 aromatic carbocycles. The van der Waals surface area contributed by atoms with E-state index in [1.807, 2.05) is 30.3 Å². The summed E-state index contributed by atoms with van der Waals surface area (Å²) in [5, 5.41) is -0.680. The van der Waals surface area contributed by atoms with Crippen LogP contribution in [0.25, 0.3) is 0 Å². The molecule has 0 spiro atoms. The molecule has 2 rings (SSSR count). The summed E-state index contributed by atoms with van der Waals surface area (Å²) in [6.07, 6.45) is -4.17. The van der Waals surface area contributed by atoms with Gasteiger partial charge in [-0.2, -0.15) is 0 Å². The quantitative estimate of drug-likeness (QED) is 0.300. The van der Waals surface area contributed by atoms with Gasteiger partial charge in [0.1, 0.15) is 0 Å². The third-order valence-electron chi connectivity index (χ3n) is 3.94. The van der Waals surface area contributed by atoms with Crippen molar-refractivity contribution in [2.45, 2.75) is 57.1 Å². The molecule has 1 saturated heterocycles. The zero-order valence-corrected chi connectivity index (χ0v) is 18.8. The number of esters is 4. The zero-order valence-electron chi connectivity index (χ0n) is 17.1. The number of benzene rings is 1. The molecule has 0 aromatic heterocycles. The van der Waals surface area contributed by atoms with Crippen LogP contribution in [-0.4, -0.2) is 74.9 Å². The first kappa shape index (κ1) is 23.9. The standard InChI is InChI=1S/C20H24O9Se/c1-11(21)25-10-16-17(26-12(2)22)18(27-13(3)23)19(28-14(4)24)20(29-16)30-15-8-6-5-7-9-15/h5-9,16-20H,10H2,1-4H3/t16-,17-,18+,19+,20-/m1/s1. The van der Waals surface area contributed by atoms with E-state index in [0.717, 1.165) is 4.46 Å². The third kappa shape index (κ3) is 7.12. The van der Waals surface area contributed by atoms with Crippen molar-refractivity contribution in [1.29, 1.82) is 0 Å². The van der Waals surface area contributed by atoms with Gasteiger partial charge in [-0.25, -0.2) is 0 Å². The van der Waals surface area contributed by atoms with E-state index in [1.165, 1.54) is 27.7 Å². The maximum absolute atomic E-state index is 11.8. The number of hydrogen-bond donors (Lipinski definition) is 0. The van der Waals surface area contributed by atoms with Gasteiger partial charge in [-0.1, -0.05) is 0 Å². The zero-order chi connectivity index (χ0) is 22.3. The van der Waals surface area contributed by atoms with Crippen LogP contribution in [0.4, 0.5) is 0 Å². The van der Waals surface area contributed by atoms with Gasteiger partial charge in [-0.05, 0) is 0 Å². The van der Waals surface area contributed by atoms with E-state index in [-0.39, 0.29) is 21.6 Å². The fraction of sp³-hybridized carbons (Fsp3) is 0.500. The van der Waals surface area contributed by atoms with Gasteiger partial charge in [0.2, 0.25) is 0 Å². The van der Waals surface area contributed by atoms with Crippen LogP contribution in [0.2, 0.25) is 0 Å². The molecule has 0 N–H and O–H groups in total. The van der Waals surface area contributed by atoms with Crippen LogP contribution in [0, 0.1) is 0 Å². The molecular formula is C20H24O9Se. The summed E-state index contributed by atoms with van der Waals surface area (Å²) in [6.45, 7) is 4.63. The average molecular weight is 487 g/mol. The summed E-state index contributed by atoms with van der Waals surface area (Å²) in [5.74, 6) is -2.44. The molecule has 1 fully saturated rings. The van der Waals surface area contributed by atoms with Crippen LogP contribution in [0.1, 0.15) is 27.7 Å². The van der Waals surface area contributed by atoms with Gasteiger partial charge in [0, 0.05) is 0 Å². The third-order valence-corrected chi connectivity index (χ3v) is 6.37. The summed E-state index contributed by atoms with van der Waals surface area (Å²) in [7, 11) is 0. The van der Waals surface area contributed by atoms with E-state index in [9.17, 15) is 19.2 Å². The van der Waals surface area contributed by atoms with E-state index in [2.05, 4.69) is 0 Å². The minimum atomic E-state index is -1.13. The summed E-state index contributed by atoms with van der Waals surface area (Å²) in [5.41, 5.74) is 0. The van der Waals surface area contributed by atoms with Gasteiger partial charge in [0.05, 0.1) is 0 Å². The summed E-state index contributed by atoms with van der Waals surface area (Å²) >= 11 is -0.366. The Bertz CT molecular complexity index is 767. The number of rotatable bonds is 7. The predicted molar refractivity (Wildman–Crippen MR) is 104 cm³/mol. The van der Waals surface area contributed by atoms with E-state index < -0.39 is 53.3 Å². The van der Waals surface area contributed by atoms with Gasteiger partial charge in [-0.3, -0.25) is 0 Å². The second-order valence-corrected chi connectivity index (χ2v) is 8.96. The second-order valence-electron chi connectivity index (χ2n) is 6.50. The Morgan fingerprint density at radius 2 is 1.33 bits per heavy atom. The van der Waals surface area contributed by atoms with Crippen molar-refractivity contribution < 1.29 is 42.9 Å². The minimum absolute atomic E-state index is 0.223. The Balaban J connectivity index is 2.42. The fourth-order valence-corrected chi connectivity index (χ4v) is 5.28. The van der Waals surface area contributed by atoms with Crippen LogP contribution in [0.3, 0.4) is 0 Å². The normalized spacial score (nSPS) is 25.7. The van der Waals surface area contributed by atoms with Crippen molar-refractivity contribution in [3.63, 3.8) is 0 Å². The molecule has 9 nitrogen and oxygen atoms in total. The number of hydrogen-bond acceptors (Lipinski definition) is 9. The molecule has 0 amide bonds. The summed E-state index contributed by atoms with van der Waals surface area (Å²) in [6, 6.07) is 9.39. The number of ether oxygens (including phenoxy) is 5. The molecular weight excluding hydrogens is 463 g/mol. The van der Waals surface area contributed by atoms with Crippen molar-refractivity contribution in [2.24, 2.45) is 0 Å². The van der Waals surface area contributed by atoms with Crippen molar-refractivity contribution in [2.75, 3.05) is 6.61 Å². The van der Waals surface area contributed by atoms with Crippen molar-refractivity contribution in [3.8, 4) is 0 Å². The maximum atomic E-state index is 11.8. The van der Waals surface area contributed by atoms with Crippen molar-refractivity contribution in [1.82, 2.24) is 0 Å². The summed E-state index contributed by atoms with van der Waals surface area (Å²) < 4.78 is 28.3. The fourth-order valence-electron chi connectivity index (χ4n) is 2.92. The van der Waals surface area contributed by atoms with Gasteiger partial charge >= 0.3 is 180 Å². The Morgan fingerprint density at radius 1 is 0.800 bits per heavy atom. The first-order chi connectivity index (χ1) is 14.2. The Labute approximate surface area is 180 Å². The molecule has 1 aliphatic rings. The number of carbonyl (C=O) groups is 4. The van der Waals surface area contributed by atoms with E-state index >= 15 is 0 Å². The van der Waals surface area contributed by atoms with E-state index in [4.69, 9.17) is 23.7 Å². The molecule has 5 atom stereocenters. The van der Waals surface area contributed by atoms with Gasteiger partial charge < -0.3 is 0 Å². The molecule has 0 unspecified atom stereocenters.